The summed E-state index contributed by atoms with van der Waals surface area (Å²) in [5.74, 6) is 0. The first-order valence-corrected chi connectivity index (χ1v) is 5.98. The Kier molecular flexibility index (Phi) is 3.01. The van der Waals surface area contributed by atoms with Gasteiger partial charge in [-0.2, -0.15) is 13.2 Å². The summed E-state index contributed by atoms with van der Waals surface area (Å²) in [6.45, 7) is 1.20. The molecule has 1 aromatic rings. The molecule has 0 unspecified atom stereocenters. The first-order chi connectivity index (χ1) is 9.03. The predicted molar refractivity (Wildman–Crippen MR) is 59.7 cm³/mol. The lowest BCUT2D eigenvalue weighted by atomic mass is 10.0. The van der Waals surface area contributed by atoms with E-state index in [1.54, 1.807) is 12.1 Å². The number of hydrogen-bond acceptors (Lipinski definition) is 4. The smallest absolute Gasteiger partial charge is 0.348 e. The number of nitrogens with one attached hydrogen (secondary N) is 2. The van der Waals surface area contributed by atoms with Gasteiger partial charge in [0.05, 0.1) is 13.2 Å². The zero-order valence-corrected chi connectivity index (χ0v) is 9.96. The van der Waals surface area contributed by atoms with Crippen molar-refractivity contribution in [3.05, 3.63) is 35.4 Å². The highest BCUT2D eigenvalue weighted by atomic mass is 19.4. The highest BCUT2D eigenvalue weighted by Gasteiger charge is 2.65. The largest absolute Gasteiger partial charge is 0.426 e. The quantitative estimate of drug-likeness (QED) is 0.809. The summed E-state index contributed by atoms with van der Waals surface area (Å²) < 4.78 is 49.4. The maximum atomic E-state index is 12.9. The molecule has 4 nitrogen and oxygen atoms in total. The van der Waals surface area contributed by atoms with E-state index >= 15 is 0 Å². The van der Waals surface area contributed by atoms with Crippen molar-refractivity contribution in [1.29, 1.82) is 0 Å². The van der Waals surface area contributed by atoms with Crippen molar-refractivity contribution in [3.63, 3.8) is 0 Å². The molecule has 0 aliphatic carbocycles. The summed E-state index contributed by atoms with van der Waals surface area (Å²) in [4.78, 5) is 0. The highest BCUT2D eigenvalue weighted by molar-refractivity contribution is 5.33. The number of benzene rings is 1. The van der Waals surface area contributed by atoms with Crippen LogP contribution in [-0.2, 0) is 15.1 Å². The normalized spacial score (nSPS) is 23.3. The fraction of sp³-hybridized carbons (Fsp3) is 0.500. The first kappa shape index (κ1) is 12.9. The van der Waals surface area contributed by atoms with Crippen LogP contribution < -0.4 is 10.9 Å². The van der Waals surface area contributed by atoms with E-state index in [0.717, 1.165) is 12.0 Å². The van der Waals surface area contributed by atoms with Gasteiger partial charge in [-0.15, -0.1) is 0 Å². The molecular weight excluding hydrogens is 261 g/mol. The van der Waals surface area contributed by atoms with Gasteiger partial charge in [0.15, 0.2) is 6.29 Å². The van der Waals surface area contributed by atoms with E-state index in [2.05, 4.69) is 10.9 Å². The summed E-state index contributed by atoms with van der Waals surface area (Å²) in [6.07, 6.45) is -4.03. The minimum absolute atomic E-state index is 0.125. The van der Waals surface area contributed by atoms with Gasteiger partial charge in [-0.25, -0.2) is 10.9 Å². The van der Waals surface area contributed by atoms with Gasteiger partial charge in [0, 0.05) is 5.56 Å². The van der Waals surface area contributed by atoms with Crippen LogP contribution in [0.15, 0.2) is 24.3 Å². The molecule has 19 heavy (non-hydrogen) atoms. The molecule has 104 valence electrons. The van der Waals surface area contributed by atoms with Crippen molar-refractivity contribution in [3.8, 4) is 0 Å². The minimum Gasteiger partial charge on any atom is -0.348 e. The third-order valence-corrected chi connectivity index (χ3v) is 3.24. The molecule has 0 saturated carbocycles. The Morgan fingerprint density at radius 2 is 1.63 bits per heavy atom. The molecule has 2 N–H and O–H groups in total. The third kappa shape index (κ3) is 2.23. The molecule has 2 saturated heterocycles. The molecule has 0 atom stereocenters. The Morgan fingerprint density at radius 1 is 1.05 bits per heavy atom. The number of hydrazine groups is 1. The maximum Gasteiger partial charge on any atom is 0.426 e. The molecule has 2 aliphatic heterocycles. The molecule has 0 spiro atoms. The van der Waals surface area contributed by atoms with E-state index in [-0.39, 0.29) is 5.56 Å². The number of ether oxygens (including phenoxy) is 2. The molecule has 0 amide bonds. The number of alkyl halides is 3. The van der Waals surface area contributed by atoms with Crippen molar-refractivity contribution in [2.75, 3.05) is 13.2 Å². The van der Waals surface area contributed by atoms with Crippen LogP contribution in [0.4, 0.5) is 13.2 Å². The fourth-order valence-corrected chi connectivity index (χ4v) is 2.08. The molecule has 7 heteroatoms. The van der Waals surface area contributed by atoms with Gasteiger partial charge in [0.25, 0.3) is 0 Å². The second-order valence-electron chi connectivity index (χ2n) is 4.55. The van der Waals surface area contributed by atoms with Crippen LogP contribution in [0.2, 0.25) is 0 Å². The van der Waals surface area contributed by atoms with Crippen LogP contribution in [0.1, 0.15) is 23.8 Å². The van der Waals surface area contributed by atoms with Gasteiger partial charge in [0.2, 0.25) is 5.66 Å². The lowest BCUT2D eigenvalue weighted by Crippen LogP contribution is -2.34. The van der Waals surface area contributed by atoms with E-state index in [1.165, 1.54) is 12.1 Å². The van der Waals surface area contributed by atoms with E-state index < -0.39 is 18.1 Å². The van der Waals surface area contributed by atoms with Crippen molar-refractivity contribution in [1.82, 2.24) is 10.9 Å². The number of hydrogen-bond donors (Lipinski definition) is 2. The third-order valence-electron chi connectivity index (χ3n) is 3.24. The topological polar surface area (TPSA) is 62.3 Å². The summed E-state index contributed by atoms with van der Waals surface area (Å²) in [7, 11) is 0. The monoisotopic (exact) mass is 274 g/mol. The maximum absolute atomic E-state index is 12.9. The standard InChI is InChI=1S/C12H13F3N2O2/c13-12(14,15)11(16-17-11)9-4-2-8(3-5-9)10-18-6-1-7-19-10/h2-5,10,16-17H,1,6-7H2. The second-order valence-corrected chi connectivity index (χ2v) is 4.55. The first-order valence-electron chi connectivity index (χ1n) is 5.98. The molecule has 2 heterocycles. The zero-order valence-electron chi connectivity index (χ0n) is 9.96. The van der Waals surface area contributed by atoms with Crippen molar-refractivity contribution >= 4 is 0 Å². The minimum atomic E-state index is -4.38. The number of rotatable bonds is 2. The van der Waals surface area contributed by atoms with Crippen molar-refractivity contribution in [2.24, 2.45) is 0 Å². The van der Waals surface area contributed by atoms with Crippen LogP contribution in [-0.4, -0.2) is 19.4 Å². The van der Waals surface area contributed by atoms with Gasteiger partial charge in [-0.1, -0.05) is 24.3 Å². The van der Waals surface area contributed by atoms with E-state index in [4.69, 9.17) is 9.47 Å². The molecule has 0 bridgehead atoms. The summed E-state index contributed by atoms with van der Waals surface area (Å²) in [5.41, 5.74) is 3.07. The average Bonchev–Trinajstić information content (AvgIpc) is 3.21. The van der Waals surface area contributed by atoms with Crippen molar-refractivity contribution in [2.45, 2.75) is 24.6 Å². The molecule has 3 rings (SSSR count). The molecule has 2 aliphatic rings. The van der Waals surface area contributed by atoms with Gasteiger partial charge in [-0.05, 0) is 12.0 Å². The molecular formula is C12H13F3N2O2. The van der Waals surface area contributed by atoms with Gasteiger partial charge < -0.3 is 9.47 Å². The Morgan fingerprint density at radius 3 is 2.11 bits per heavy atom. The zero-order chi connectivity index (χ0) is 13.5. The van der Waals surface area contributed by atoms with Crippen LogP contribution in [0.3, 0.4) is 0 Å². The summed E-state index contributed by atoms with van der Waals surface area (Å²) in [5, 5.41) is 0. The molecule has 0 radical (unpaired) electrons. The number of halogens is 3. The lowest BCUT2D eigenvalue weighted by Gasteiger charge is -2.24. The molecule has 2 fully saturated rings. The predicted octanol–water partition coefficient (Wildman–Crippen LogP) is 1.94. The second kappa shape index (κ2) is 4.45. The Hall–Kier alpha value is -1.15. The average molecular weight is 274 g/mol. The fourth-order valence-electron chi connectivity index (χ4n) is 2.08. The van der Waals surface area contributed by atoms with E-state index in [9.17, 15) is 13.2 Å². The SMILES string of the molecule is FC(F)(F)C1(c2ccc(C3OCCCO3)cc2)NN1. The molecule has 0 aromatic heterocycles. The Balaban J connectivity index is 1.79. The van der Waals surface area contributed by atoms with Gasteiger partial charge in [-0.3, -0.25) is 0 Å². The summed E-state index contributed by atoms with van der Waals surface area (Å²) >= 11 is 0. The van der Waals surface area contributed by atoms with Crippen LogP contribution in [0.25, 0.3) is 0 Å². The molecule has 1 aromatic carbocycles. The lowest BCUT2D eigenvalue weighted by molar-refractivity contribution is -0.183. The van der Waals surface area contributed by atoms with E-state index in [1.807, 2.05) is 0 Å². The van der Waals surface area contributed by atoms with E-state index in [0.29, 0.717) is 13.2 Å². The van der Waals surface area contributed by atoms with Crippen LogP contribution in [0.5, 0.6) is 0 Å². The van der Waals surface area contributed by atoms with Crippen LogP contribution in [0, 0.1) is 0 Å². The summed E-state index contributed by atoms with van der Waals surface area (Å²) in [6, 6.07) is 6.05. The van der Waals surface area contributed by atoms with Gasteiger partial charge in [0.1, 0.15) is 0 Å². The highest BCUT2D eigenvalue weighted by Crippen LogP contribution is 2.42. The Bertz CT molecular complexity index is 451. The van der Waals surface area contributed by atoms with Crippen LogP contribution >= 0.6 is 0 Å². The van der Waals surface area contributed by atoms with Gasteiger partial charge >= 0.3 is 6.18 Å². The Labute approximate surface area is 107 Å². The van der Waals surface area contributed by atoms with Crippen molar-refractivity contribution < 1.29 is 22.6 Å².